The fraction of sp³-hybridized carbons (Fsp3) is 0.200. The molecular weight excluding hydrogens is 525 g/mol. The average molecular weight is 550 g/mol. The number of ether oxygens (including phenoxy) is 2. The Hall–Kier alpha value is -3.27. The smallest absolute Gasteiger partial charge is 0.260 e. The van der Waals surface area contributed by atoms with Crippen molar-refractivity contribution in [2.75, 3.05) is 23.7 Å². The lowest BCUT2D eigenvalue weighted by Gasteiger charge is -2.21. The predicted molar refractivity (Wildman–Crippen MR) is 143 cm³/mol. The number of sulfonamides is 1. The van der Waals surface area contributed by atoms with Crippen LogP contribution in [0.2, 0.25) is 10.0 Å². The molecule has 0 aromatic heterocycles. The van der Waals surface area contributed by atoms with Gasteiger partial charge in [-0.15, -0.1) is 0 Å². The second-order valence-corrected chi connectivity index (χ2v) is 10.3. The molecule has 3 aromatic carbocycles. The molecule has 0 bridgehead atoms. The molecule has 0 aliphatic heterocycles. The molecule has 0 aliphatic rings. The minimum atomic E-state index is -3.77. The number of halogens is 2. The van der Waals surface area contributed by atoms with Crippen molar-refractivity contribution in [1.29, 1.82) is 0 Å². The van der Waals surface area contributed by atoms with Crippen LogP contribution in [-0.2, 0) is 21.4 Å². The summed E-state index contributed by atoms with van der Waals surface area (Å²) in [4.78, 5) is 12.4. The molecule has 0 spiro atoms. The van der Waals surface area contributed by atoms with Gasteiger partial charge < -0.3 is 9.47 Å². The summed E-state index contributed by atoms with van der Waals surface area (Å²) in [6.07, 6.45) is 2.41. The van der Waals surface area contributed by atoms with Crippen LogP contribution in [0.25, 0.3) is 0 Å². The summed E-state index contributed by atoms with van der Waals surface area (Å²) in [6.45, 7) is 2.20. The number of nitrogens with zero attached hydrogens (tertiary/aromatic N) is 2. The van der Waals surface area contributed by atoms with Crippen LogP contribution in [0.4, 0.5) is 5.69 Å². The van der Waals surface area contributed by atoms with Crippen LogP contribution in [0, 0.1) is 0 Å². The fourth-order valence-electron chi connectivity index (χ4n) is 3.11. The second-order valence-electron chi connectivity index (χ2n) is 7.57. The van der Waals surface area contributed by atoms with Gasteiger partial charge in [0.25, 0.3) is 5.91 Å². The second kappa shape index (κ2) is 12.6. The van der Waals surface area contributed by atoms with E-state index in [2.05, 4.69) is 10.5 Å². The number of nitrogens with one attached hydrogen (secondary N) is 1. The Labute approximate surface area is 220 Å². The third-order valence-electron chi connectivity index (χ3n) is 4.79. The van der Waals surface area contributed by atoms with Crippen LogP contribution in [0.3, 0.4) is 0 Å². The number of hydrogen-bond donors (Lipinski definition) is 1. The summed E-state index contributed by atoms with van der Waals surface area (Å²) in [6, 6.07) is 19.3. The maximum Gasteiger partial charge on any atom is 0.260 e. The van der Waals surface area contributed by atoms with Gasteiger partial charge in [0.2, 0.25) is 10.0 Å². The van der Waals surface area contributed by atoms with Gasteiger partial charge in [-0.1, -0.05) is 53.5 Å². The Kier molecular flexibility index (Phi) is 9.58. The lowest BCUT2D eigenvalue weighted by Crippen LogP contribution is -2.39. The van der Waals surface area contributed by atoms with Crippen molar-refractivity contribution in [3.8, 4) is 11.5 Å². The van der Waals surface area contributed by atoms with Gasteiger partial charge in [-0.25, -0.2) is 13.8 Å². The number of benzene rings is 3. The van der Waals surface area contributed by atoms with Crippen molar-refractivity contribution in [2.24, 2.45) is 5.10 Å². The first-order valence-electron chi connectivity index (χ1n) is 10.9. The number of rotatable bonds is 11. The van der Waals surface area contributed by atoms with E-state index >= 15 is 0 Å². The summed E-state index contributed by atoms with van der Waals surface area (Å²) >= 11 is 11.9. The predicted octanol–water partition coefficient (Wildman–Crippen LogP) is 4.89. The molecule has 0 atom stereocenters. The Morgan fingerprint density at radius 3 is 2.42 bits per heavy atom. The number of hydrazone groups is 1. The third kappa shape index (κ3) is 7.87. The van der Waals surface area contributed by atoms with Crippen molar-refractivity contribution in [3.05, 3.63) is 87.9 Å². The van der Waals surface area contributed by atoms with E-state index in [0.29, 0.717) is 30.3 Å². The first kappa shape index (κ1) is 27.3. The molecule has 1 N–H and O–H groups in total. The van der Waals surface area contributed by atoms with E-state index in [1.54, 1.807) is 18.2 Å². The van der Waals surface area contributed by atoms with Crippen molar-refractivity contribution in [3.63, 3.8) is 0 Å². The number of amides is 1. The van der Waals surface area contributed by atoms with E-state index in [1.807, 2.05) is 37.3 Å². The van der Waals surface area contributed by atoms with Crippen LogP contribution in [0.1, 0.15) is 18.1 Å². The monoisotopic (exact) mass is 549 g/mol. The SMILES string of the molecule is CCOc1cc(/C=N\NC(=O)CN(c2ccc(Cl)c(Cl)c2)S(C)(=O)=O)ccc1OCc1ccccc1. The minimum absolute atomic E-state index is 0.169. The van der Waals surface area contributed by atoms with Crippen LogP contribution in [-0.4, -0.2) is 39.9 Å². The topological polar surface area (TPSA) is 97.3 Å². The number of hydrogen-bond acceptors (Lipinski definition) is 6. The molecule has 0 aliphatic carbocycles. The standard InChI is InChI=1S/C25H25Cl2N3O5S/c1-3-34-24-13-19(9-12-23(24)35-17-18-7-5-4-6-8-18)15-28-29-25(31)16-30(36(2,32)33)20-10-11-21(26)22(27)14-20/h4-15H,3,16-17H2,1-2H3,(H,29,31)/b28-15-. The maximum atomic E-state index is 12.4. The van der Waals surface area contributed by atoms with Gasteiger partial charge in [0.15, 0.2) is 11.5 Å². The van der Waals surface area contributed by atoms with E-state index in [4.69, 9.17) is 32.7 Å². The summed E-state index contributed by atoms with van der Waals surface area (Å²) in [5, 5.41) is 4.38. The zero-order chi connectivity index (χ0) is 26.1. The molecule has 0 heterocycles. The highest BCUT2D eigenvalue weighted by molar-refractivity contribution is 7.92. The Bertz CT molecular complexity index is 1330. The normalized spacial score (nSPS) is 11.3. The van der Waals surface area contributed by atoms with E-state index < -0.39 is 22.5 Å². The first-order chi connectivity index (χ1) is 17.2. The first-order valence-corrected chi connectivity index (χ1v) is 13.5. The average Bonchev–Trinajstić information content (AvgIpc) is 2.84. The molecule has 0 saturated carbocycles. The Morgan fingerprint density at radius 1 is 1.00 bits per heavy atom. The van der Waals surface area contributed by atoms with Gasteiger partial charge in [0, 0.05) is 0 Å². The van der Waals surface area contributed by atoms with Crippen molar-refractivity contribution >= 4 is 51.0 Å². The van der Waals surface area contributed by atoms with E-state index in [0.717, 1.165) is 16.1 Å². The summed E-state index contributed by atoms with van der Waals surface area (Å²) in [5.41, 5.74) is 4.22. The van der Waals surface area contributed by atoms with Crippen molar-refractivity contribution in [2.45, 2.75) is 13.5 Å². The van der Waals surface area contributed by atoms with Gasteiger partial charge in [0.05, 0.1) is 34.8 Å². The van der Waals surface area contributed by atoms with Crippen LogP contribution < -0.4 is 19.2 Å². The van der Waals surface area contributed by atoms with E-state index in [-0.39, 0.29) is 15.7 Å². The third-order valence-corrected chi connectivity index (χ3v) is 6.67. The molecule has 190 valence electrons. The van der Waals surface area contributed by atoms with Crippen LogP contribution >= 0.6 is 23.2 Å². The van der Waals surface area contributed by atoms with Crippen molar-refractivity contribution in [1.82, 2.24) is 5.43 Å². The molecule has 36 heavy (non-hydrogen) atoms. The Morgan fingerprint density at radius 2 is 1.75 bits per heavy atom. The highest BCUT2D eigenvalue weighted by Crippen LogP contribution is 2.29. The van der Waals surface area contributed by atoms with Gasteiger partial charge in [-0.05, 0) is 54.4 Å². The molecule has 0 unspecified atom stereocenters. The highest BCUT2D eigenvalue weighted by Gasteiger charge is 2.21. The fourth-order valence-corrected chi connectivity index (χ4v) is 4.25. The van der Waals surface area contributed by atoms with Crippen LogP contribution in [0.5, 0.6) is 11.5 Å². The molecule has 1 amide bonds. The highest BCUT2D eigenvalue weighted by atomic mass is 35.5. The number of carbonyl (C=O) groups is 1. The van der Waals surface area contributed by atoms with E-state index in [9.17, 15) is 13.2 Å². The van der Waals surface area contributed by atoms with Gasteiger partial charge in [0.1, 0.15) is 13.2 Å². The molecule has 11 heteroatoms. The number of anilines is 1. The molecule has 8 nitrogen and oxygen atoms in total. The Balaban J connectivity index is 1.66. The minimum Gasteiger partial charge on any atom is -0.490 e. The van der Waals surface area contributed by atoms with Gasteiger partial charge in [-0.2, -0.15) is 5.10 Å². The zero-order valence-electron chi connectivity index (χ0n) is 19.6. The summed E-state index contributed by atoms with van der Waals surface area (Å²) in [7, 11) is -3.77. The van der Waals surface area contributed by atoms with Gasteiger partial charge in [-0.3, -0.25) is 9.10 Å². The molecular formula is C25H25Cl2N3O5S. The number of carbonyl (C=O) groups excluding carboxylic acids is 1. The quantitative estimate of drug-likeness (QED) is 0.271. The lowest BCUT2D eigenvalue weighted by molar-refractivity contribution is -0.119. The summed E-state index contributed by atoms with van der Waals surface area (Å²) in [5.74, 6) is 0.467. The van der Waals surface area contributed by atoms with Gasteiger partial charge >= 0.3 is 0 Å². The molecule has 0 radical (unpaired) electrons. The summed E-state index contributed by atoms with van der Waals surface area (Å²) < 4.78 is 37.0. The molecule has 0 saturated heterocycles. The molecule has 0 fully saturated rings. The van der Waals surface area contributed by atoms with E-state index in [1.165, 1.54) is 24.4 Å². The molecule has 3 aromatic rings. The largest absolute Gasteiger partial charge is 0.490 e. The maximum absolute atomic E-state index is 12.4. The zero-order valence-corrected chi connectivity index (χ0v) is 22.0. The van der Waals surface area contributed by atoms with Crippen LogP contribution in [0.15, 0.2) is 71.8 Å². The molecule has 3 rings (SSSR count). The van der Waals surface area contributed by atoms with Crippen molar-refractivity contribution < 1.29 is 22.7 Å². The lowest BCUT2D eigenvalue weighted by atomic mass is 10.2.